The van der Waals surface area contributed by atoms with Gasteiger partial charge in [0.15, 0.2) is 5.69 Å². The molecule has 7 heteroatoms. The predicted octanol–water partition coefficient (Wildman–Crippen LogP) is 4.26. The summed E-state index contributed by atoms with van der Waals surface area (Å²) in [4.78, 5) is 16.8. The van der Waals surface area contributed by atoms with E-state index in [1.807, 2.05) is 48.5 Å². The fraction of sp³-hybridized carbons (Fsp3) is 0.217. The van der Waals surface area contributed by atoms with Crippen LogP contribution in [-0.2, 0) is 5.41 Å². The van der Waals surface area contributed by atoms with Crippen LogP contribution >= 0.6 is 0 Å². The summed E-state index contributed by atoms with van der Waals surface area (Å²) in [6.07, 6.45) is 1.59. The number of methoxy groups -OCH3 is 1. The van der Waals surface area contributed by atoms with Crippen LogP contribution in [0.15, 0.2) is 70.1 Å². The maximum atomic E-state index is 12.4. The minimum absolute atomic E-state index is 0.0570. The van der Waals surface area contributed by atoms with Gasteiger partial charge < -0.3 is 9.26 Å². The van der Waals surface area contributed by atoms with Crippen LogP contribution in [0.2, 0.25) is 0 Å². The lowest BCUT2D eigenvalue weighted by Gasteiger charge is -2.18. The molecule has 7 nitrogen and oxygen atoms in total. The molecule has 0 bridgehead atoms. The molecule has 0 aliphatic heterocycles. The second kappa shape index (κ2) is 7.59. The van der Waals surface area contributed by atoms with Gasteiger partial charge in [0, 0.05) is 17.8 Å². The standard InChI is InChI=1S/C23H22N4O3/c1-23(2,3)16-7-5-15(6-8-16)21-24-22(30-26-21)20-19(28)13-14-27(25-20)17-9-11-18(29-4)12-10-17/h5-14H,1-4H3. The van der Waals surface area contributed by atoms with Crippen LogP contribution in [0.25, 0.3) is 28.7 Å². The quantitative estimate of drug-likeness (QED) is 0.507. The van der Waals surface area contributed by atoms with Crippen molar-refractivity contribution in [3.63, 3.8) is 0 Å². The van der Waals surface area contributed by atoms with Gasteiger partial charge in [-0.25, -0.2) is 4.68 Å². The molecule has 0 aliphatic rings. The minimum atomic E-state index is -0.293. The van der Waals surface area contributed by atoms with Crippen molar-refractivity contribution in [1.82, 2.24) is 19.9 Å². The summed E-state index contributed by atoms with van der Waals surface area (Å²) < 4.78 is 12.1. The van der Waals surface area contributed by atoms with Gasteiger partial charge in [0.1, 0.15) is 5.75 Å². The second-order valence-electron chi connectivity index (χ2n) is 7.92. The van der Waals surface area contributed by atoms with Crippen LogP contribution in [0.5, 0.6) is 5.75 Å². The molecule has 0 fully saturated rings. The van der Waals surface area contributed by atoms with E-state index in [1.165, 1.54) is 11.6 Å². The zero-order chi connectivity index (χ0) is 21.3. The molecule has 0 aliphatic carbocycles. The van der Waals surface area contributed by atoms with E-state index in [9.17, 15) is 4.79 Å². The highest BCUT2D eigenvalue weighted by atomic mass is 16.5. The molecule has 0 saturated heterocycles. The van der Waals surface area contributed by atoms with E-state index in [-0.39, 0.29) is 22.4 Å². The summed E-state index contributed by atoms with van der Waals surface area (Å²) in [6.45, 7) is 6.47. The highest BCUT2D eigenvalue weighted by Crippen LogP contribution is 2.26. The summed E-state index contributed by atoms with van der Waals surface area (Å²) in [5, 5.41) is 8.42. The lowest BCUT2D eigenvalue weighted by atomic mass is 9.87. The monoisotopic (exact) mass is 402 g/mol. The highest BCUT2D eigenvalue weighted by molar-refractivity contribution is 5.58. The van der Waals surface area contributed by atoms with Crippen LogP contribution in [0.1, 0.15) is 26.3 Å². The summed E-state index contributed by atoms with van der Waals surface area (Å²) in [5.41, 5.74) is 2.65. The second-order valence-corrected chi connectivity index (χ2v) is 7.92. The smallest absolute Gasteiger partial charge is 0.282 e. The van der Waals surface area contributed by atoms with E-state index in [0.717, 1.165) is 17.0 Å². The van der Waals surface area contributed by atoms with Crippen LogP contribution in [0.3, 0.4) is 0 Å². The molecule has 0 spiro atoms. The average Bonchev–Trinajstić information content (AvgIpc) is 3.24. The van der Waals surface area contributed by atoms with Crippen molar-refractivity contribution in [3.8, 4) is 34.4 Å². The van der Waals surface area contributed by atoms with Gasteiger partial charge in [-0.3, -0.25) is 4.79 Å². The van der Waals surface area contributed by atoms with Crippen molar-refractivity contribution in [2.45, 2.75) is 26.2 Å². The van der Waals surface area contributed by atoms with E-state index in [2.05, 4.69) is 36.0 Å². The molecular formula is C23H22N4O3. The Labute approximate surface area is 174 Å². The Morgan fingerprint density at radius 2 is 1.67 bits per heavy atom. The fourth-order valence-electron chi connectivity index (χ4n) is 2.99. The van der Waals surface area contributed by atoms with Crippen molar-refractivity contribution in [3.05, 3.63) is 76.6 Å². The summed E-state index contributed by atoms with van der Waals surface area (Å²) in [5.74, 6) is 1.23. The van der Waals surface area contributed by atoms with Crippen molar-refractivity contribution in [2.24, 2.45) is 0 Å². The Morgan fingerprint density at radius 1 is 0.967 bits per heavy atom. The SMILES string of the molecule is COc1ccc(-n2ccc(=O)c(-c3nc(-c4ccc(C(C)(C)C)cc4)no3)n2)cc1. The van der Waals surface area contributed by atoms with Gasteiger partial charge in [0.2, 0.25) is 11.3 Å². The van der Waals surface area contributed by atoms with E-state index < -0.39 is 0 Å². The van der Waals surface area contributed by atoms with Gasteiger partial charge in [-0.05, 0) is 35.2 Å². The number of ether oxygens (including phenoxy) is 1. The Balaban J connectivity index is 1.66. The summed E-state index contributed by atoms with van der Waals surface area (Å²) in [7, 11) is 1.61. The fourth-order valence-corrected chi connectivity index (χ4v) is 2.99. The van der Waals surface area contributed by atoms with Crippen molar-refractivity contribution < 1.29 is 9.26 Å². The third-order valence-corrected chi connectivity index (χ3v) is 4.78. The molecule has 2 aromatic heterocycles. The maximum Gasteiger partial charge on any atom is 0.282 e. The molecule has 4 rings (SSSR count). The van der Waals surface area contributed by atoms with Crippen LogP contribution < -0.4 is 10.2 Å². The first-order valence-corrected chi connectivity index (χ1v) is 9.54. The van der Waals surface area contributed by atoms with Crippen LogP contribution in [0.4, 0.5) is 0 Å². The number of rotatable bonds is 4. The van der Waals surface area contributed by atoms with Gasteiger partial charge in [-0.15, -0.1) is 0 Å². The molecule has 0 N–H and O–H groups in total. The van der Waals surface area contributed by atoms with Gasteiger partial charge >= 0.3 is 0 Å². The van der Waals surface area contributed by atoms with E-state index in [0.29, 0.717) is 5.82 Å². The van der Waals surface area contributed by atoms with Crippen molar-refractivity contribution in [1.29, 1.82) is 0 Å². The Hall–Kier alpha value is -3.74. The Kier molecular flexibility index (Phi) is 4.95. The van der Waals surface area contributed by atoms with Crippen molar-refractivity contribution in [2.75, 3.05) is 7.11 Å². The molecule has 2 heterocycles. The minimum Gasteiger partial charge on any atom is -0.497 e. The lowest BCUT2D eigenvalue weighted by Crippen LogP contribution is -2.12. The lowest BCUT2D eigenvalue weighted by molar-refractivity contribution is 0.414. The zero-order valence-corrected chi connectivity index (χ0v) is 17.3. The van der Waals surface area contributed by atoms with Gasteiger partial charge in [0.05, 0.1) is 12.8 Å². The largest absolute Gasteiger partial charge is 0.497 e. The number of benzene rings is 2. The highest BCUT2D eigenvalue weighted by Gasteiger charge is 2.17. The third-order valence-electron chi connectivity index (χ3n) is 4.78. The topological polar surface area (TPSA) is 83.0 Å². The van der Waals surface area contributed by atoms with E-state index >= 15 is 0 Å². The molecule has 0 amide bonds. The molecule has 0 saturated carbocycles. The molecule has 4 aromatic rings. The average molecular weight is 402 g/mol. The molecule has 0 unspecified atom stereocenters. The van der Waals surface area contributed by atoms with Gasteiger partial charge in [-0.1, -0.05) is 50.2 Å². The molecule has 0 atom stereocenters. The molecule has 30 heavy (non-hydrogen) atoms. The molecule has 152 valence electrons. The molecule has 2 aromatic carbocycles. The normalized spacial score (nSPS) is 11.5. The van der Waals surface area contributed by atoms with Gasteiger partial charge in [-0.2, -0.15) is 10.1 Å². The molecule has 0 radical (unpaired) electrons. The number of hydrogen-bond donors (Lipinski definition) is 0. The van der Waals surface area contributed by atoms with Gasteiger partial charge in [0.25, 0.3) is 5.89 Å². The summed E-state index contributed by atoms with van der Waals surface area (Å²) in [6, 6.07) is 16.7. The van der Waals surface area contributed by atoms with E-state index in [4.69, 9.17) is 9.26 Å². The first-order valence-electron chi connectivity index (χ1n) is 9.54. The van der Waals surface area contributed by atoms with E-state index in [1.54, 1.807) is 18.0 Å². The maximum absolute atomic E-state index is 12.4. The predicted molar refractivity (Wildman–Crippen MR) is 114 cm³/mol. The van der Waals surface area contributed by atoms with Crippen LogP contribution in [-0.4, -0.2) is 27.0 Å². The Bertz CT molecular complexity index is 1220. The summed E-state index contributed by atoms with van der Waals surface area (Å²) >= 11 is 0. The molecular weight excluding hydrogens is 380 g/mol. The number of nitrogens with zero attached hydrogens (tertiary/aromatic N) is 4. The first-order chi connectivity index (χ1) is 14.3. The number of hydrogen-bond acceptors (Lipinski definition) is 6. The third kappa shape index (κ3) is 3.87. The van der Waals surface area contributed by atoms with Crippen molar-refractivity contribution >= 4 is 0 Å². The number of aromatic nitrogens is 4. The Morgan fingerprint density at radius 3 is 2.30 bits per heavy atom. The first kappa shape index (κ1) is 19.6. The zero-order valence-electron chi connectivity index (χ0n) is 17.3. The van der Waals surface area contributed by atoms with Crippen LogP contribution in [0, 0.1) is 0 Å².